The van der Waals surface area contributed by atoms with E-state index < -0.39 is 21.8 Å². The zero-order chi connectivity index (χ0) is 13.9. The minimum absolute atomic E-state index is 0.120. The molecule has 0 saturated heterocycles. The van der Waals surface area contributed by atoms with Crippen LogP contribution in [0.1, 0.15) is 17.3 Å². The van der Waals surface area contributed by atoms with E-state index in [1.54, 1.807) is 13.0 Å². The Kier molecular flexibility index (Phi) is 4.59. The number of hydrogen-bond donors (Lipinski definition) is 2. The number of carbonyl (C=O) groups excluding carboxylic acids is 1. The number of sulfone groups is 1. The smallest absolute Gasteiger partial charge is 0.253 e. The second kappa shape index (κ2) is 5.58. The number of amides is 1. The zero-order valence-corrected chi connectivity index (χ0v) is 11.7. The van der Waals surface area contributed by atoms with Crippen molar-refractivity contribution >= 4 is 33.0 Å². The van der Waals surface area contributed by atoms with Crippen molar-refractivity contribution in [1.82, 2.24) is 5.32 Å². The van der Waals surface area contributed by atoms with Gasteiger partial charge in [0.05, 0.1) is 16.3 Å². The minimum atomic E-state index is -3.14. The quantitative estimate of drug-likeness (QED) is 0.812. The van der Waals surface area contributed by atoms with Crippen molar-refractivity contribution < 1.29 is 13.2 Å². The number of carbonyl (C=O) groups is 1. The highest BCUT2D eigenvalue weighted by molar-refractivity contribution is 7.90. The van der Waals surface area contributed by atoms with E-state index in [9.17, 15) is 13.2 Å². The summed E-state index contributed by atoms with van der Waals surface area (Å²) in [6.45, 7) is 1.62. The van der Waals surface area contributed by atoms with Crippen LogP contribution in [0.2, 0.25) is 5.02 Å². The van der Waals surface area contributed by atoms with Crippen LogP contribution in [0.25, 0.3) is 0 Å². The van der Waals surface area contributed by atoms with Crippen molar-refractivity contribution in [2.24, 2.45) is 0 Å². The van der Waals surface area contributed by atoms with Gasteiger partial charge in [0.25, 0.3) is 5.91 Å². The Hall–Kier alpha value is -1.27. The molecule has 0 aromatic heterocycles. The molecule has 0 aliphatic rings. The maximum absolute atomic E-state index is 11.8. The van der Waals surface area contributed by atoms with Gasteiger partial charge in [-0.3, -0.25) is 4.79 Å². The van der Waals surface area contributed by atoms with Crippen molar-refractivity contribution in [1.29, 1.82) is 0 Å². The van der Waals surface area contributed by atoms with E-state index in [2.05, 4.69) is 5.32 Å². The summed E-state index contributed by atoms with van der Waals surface area (Å²) in [4.78, 5) is 11.8. The van der Waals surface area contributed by atoms with Gasteiger partial charge in [0.1, 0.15) is 9.84 Å². The lowest BCUT2D eigenvalue weighted by Gasteiger charge is -2.13. The molecule has 0 heterocycles. The fourth-order valence-electron chi connectivity index (χ4n) is 1.51. The first-order chi connectivity index (χ1) is 8.19. The summed E-state index contributed by atoms with van der Waals surface area (Å²) in [5, 5.41) is 2.80. The lowest BCUT2D eigenvalue weighted by molar-refractivity contribution is 0.0944. The van der Waals surface area contributed by atoms with Crippen molar-refractivity contribution in [2.45, 2.75) is 13.0 Å². The number of benzene rings is 1. The molecule has 100 valence electrons. The van der Waals surface area contributed by atoms with E-state index in [-0.39, 0.29) is 16.3 Å². The molecule has 0 bridgehead atoms. The van der Waals surface area contributed by atoms with E-state index in [1.807, 2.05) is 0 Å². The first kappa shape index (κ1) is 14.8. The summed E-state index contributed by atoms with van der Waals surface area (Å²) < 4.78 is 22.2. The first-order valence-corrected chi connectivity index (χ1v) is 7.66. The van der Waals surface area contributed by atoms with Crippen molar-refractivity contribution in [2.75, 3.05) is 17.7 Å². The molecule has 0 fully saturated rings. The maximum atomic E-state index is 11.8. The van der Waals surface area contributed by atoms with Gasteiger partial charge in [-0.15, -0.1) is 0 Å². The van der Waals surface area contributed by atoms with E-state index in [0.717, 1.165) is 6.26 Å². The Labute approximate surface area is 111 Å². The van der Waals surface area contributed by atoms with Gasteiger partial charge in [-0.25, -0.2) is 8.42 Å². The molecule has 1 rings (SSSR count). The number of rotatable bonds is 4. The molecule has 0 radical (unpaired) electrons. The van der Waals surface area contributed by atoms with Crippen LogP contribution >= 0.6 is 11.6 Å². The van der Waals surface area contributed by atoms with Crippen LogP contribution in [0.15, 0.2) is 18.2 Å². The highest BCUT2D eigenvalue weighted by Gasteiger charge is 2.16. The molecule has 7 heteroatoms. The molecule has 1 atom stereocenters. The third-order valence-electron chi connectivity index (χ3n) is 2.17. The third-order valence-corrected chi connectivity index (χ3v) is 3.59. The fraction of sp³-hybridized carbons (Fsp3) is 0.364. The third kappa shape index (κ3) is 4.54. The van der Waals surface area contributed by atoms with Crippen molar-refractivity contribution in [3.05, 3.63) is 28.8 Å². The second-order valence-corrected chi connectivity index (χ2v) is 6.80. The number of halogens is 1. The Bertz CT molecular complexity index is 557. The van der Waals surface area contributed by atoms with Crippen molar-refractivity contribution in [3.63, 3.8) is 0 Å². The molecule has 18 heavy (non-hydrogen) atoms. The molecule has 1 amide bonds. The van der Waals surface area contributed by atoms with Crippen LogP contribution < -0.4 is 11.1 Å². The molecule has 1 aromatic carbocycles. The second-order valence-electron chi connectivity index (χ2n) is 4.21. The van der Waals surface area contributed by atoms with Crippen LogP contribution in [0.5, 0.6) is 0 Å². The highest BCUT2D eigenvalue weighted by Crippen LogP contribution is 2.19. The summed E-state index contributed by atoms with van der Waals surface area (Å²) in [5.74, 6) is -0.540. The minimum Gasteiger partial charge on any atom is -0.399 e. The first-order valence-electron chi connectivity index (χ1n) is 5.22. The molecular weight excluding hydrogens is 276 g/mol. The van der Waals surface area contributed by atoms with Crippen LogP contribution in [0.4, 0.5) is 5.69 Å². The van der Waals surface area contributed by atoms with Gasteiger partial charge in [-0.2, -0.15) is 0 Å². The van der Waals surface area contributed by atoms with Crippen LogP contribution in [-0.2, 0) is 9.84 Å². The topological polar surface area (TPSA) is 89.3 Å². The van der Waals surface area contributed by atoms with E-state index in [1.165, 1.54) is 12.1 Å². The largest absolute Gasteiger partial charge is 0.399 e. The van der Waals surface area contributed by atoms with Crippen LogP contribution in [0.3, 0.4) is 0 Å². The van der Waals surface area contributed by atoms with Crippen molar-refractivity contribution in [3.8, 4) is 0 Å². The summed E-state index contributed by atoms with van der Waals surface area (Å²) in [5.41, 5.74) is 6.25. The van der Waals surface area contributed by atoms with E-state index >= 15 is 0 Å². The van der Waals surface area contributed by atoms with Crippen LogP contribution in [0, 0.1) is 0 Å². The van der Waals surface area contributed by atoms with E-state index in [0.29, 0.717) is 5.69 Å². The van der Waals surface area contributed by atoms with E-state index in [4.69, 9.17) is 17.3 Å². The average molecular weight is 291 g/mol. The number of nitrogen functional groups attached to an aromatic ring is 1. The Morgan fingerprint density at radius 3 is 2.61 bits per heavy atom. The molecule has 1 unspecified atom stereocenters. The lowest BCUT2D eigenvalue weighted by Crippen LogP contribution is -2.37. The molecule has 0 aliphatic heterocycles. The molecule has 1 aromatic rings. The SMILES string of the molecule is CC(CS(C)(=O)=O)NC(=O)c1ccc(N)cc1Cl. The predicted molar refractivity (Wildman–Crippen MR) is 72.5 cm³/mol. The Balaban J connectivity index is 2.77. The molecular formula is C11H15ClN2O3S. The van der Waals surface area contributed by atoms with Gasteiger partial charge in [-0.1, -0.05) is 11.6 Å². The van der Waals surface area contributed by atoms with Gasteiger partial charge in [-0.05, 0) is 25.1 Å². The van der Waals surface area contributed by atoms with Gasteiger partial charge in [0.15, 0.2) is 0 Å². The molecule has 3 N–H and O–H groups in total. The summed E-state index contributed by atoms with van der Waals surface area (Å²) in [6, 6.07) is 4.04. The van der Waals surface area contributed by atoms with Gasteiger partial charge >= 0.3 is 0 Å². The standard InChI is InChI=1S/C11H15ClN2O3S/c1-7(6-18(2,16)17)14-11(15)9-4-3-8(13)5-10(9)12/h3-5,7H,6,13H2,1-2H3,(H,14,15). The van der Waals surface area contributed by atoms with Gasteiger partial charge in [0, 0.05) is 18.0 Å². The summed E-state index contributed by atoms with van der Waals surface area (Å²) in [7, 11) is -3.14. The lowest BCUT2D eigenvalue weighted by atomic mass is 10.2. The maximum Gasteiger partial charge on any atom is 0.253 e. The summed E-state index contributed by atoms with van der Waals surface area (Å²) >= 11 is 5.88. The highest BCUT2D eigenvalue weighted by atomic mass is 35.5. The van der Waals surface area contributed by atoms with Gasteiger partial charge in [0.2, 0.25) is 0 Å². The molecule has 5 nitrogen and oxygen atoms in total. The Morgan fingerprint density at radius 2 is 2.11 bits per heavy atom. The Morgan fingerprint density at radius 1 is 1.50 bits per heavy atom. The van der Waals surface area contributed by atoms with Gasteiger partial charge < -0.3 is 11.1 Å². The molecule has 0 saturated carbocycles. The molecule has 0 spiro atoms. The predicted octanol–water partition coefficient (Wildman–Crippen LogP) is 1.09. The van der Waals surface area contributed by atoms with Crippen LogP contribution in [-0.4, -0.2) is 32.4 Å². The number of hydrogen-bond acceptors (Lipinski definition) is 4. The normalized spacial score (nSPS) is 13.1. The molecule has 0 aliphatic carbocycles. The number of nitrogens with one attached hydrogen (secondary N) is 1. The zero-order valence-electron chi connectivity index (χ0n) is 10.1. The summed E-state index contributed by atoms with van der Waals surface area (Å²) in [6.07, 6.45) is 1.12. The average Bonchev–Trinajstić information content (AvgIpc) is 2.13. The number of nitrogens with two attached hydrogens (primary N) is 1. The fourth-order valence-corrected chi connectivity index (χ4v) is 2.78. The monoisotopic (exact) mass is 290 g/mol. The number of anilines is 1.